The predicted octanol–water partition coefficient (Wildman–Crippen LogP) is 0.998. The molecule has 0 fully saturated rings. The van der Waals surface area contributed by atoms with Crippen LogP contribution in [0.1, 0.15) is 0 Å². The molecule has 9 nitrogen and oxygen atoms in total. The van der Waals surface area contributed by atoms with E-state index in [1.807, 2.05) is 0 Å². The van der Waals surface area contributed by atoms with Gasteiger partial charge in [0.1, 0.15) is 18.2 Å². The Bertz CT molecular complexity index is 740. The fourth-order valence-electron chi connectivity index (χ4n) is 1.70. The number of imidazole rings is 2. The summed E-state index contributed by atoms with van der Waals surface area (Å²) in [7, 11) is -2.63. The average molecular weight is 279 g/mol. The van der Waals surface area contributed by atoms with Crippen LogP contribution in [0, 0.1) is 10.1 Å². The number of nitrogens with zero attached hydrogens (tertiary/aromatic N) is 6. The van der Waals surface area contributed by atoms with Crippen LogP contribution in [0.2, 0.25) is 0 Å². The SMILES string of the molecule is CS(c1ncc[nH]1)(n1cnc2cncnc21)[N+](=O)[O-]. The monoisotopic (exact) mass is 279 g/mol. The lowest BCUT2D eigenvalue weighted by molar-refractivity contribution is -0.298. The first-order chi connectivity index (χ1) is 9.14. The number of H-pyrrole nitrogens is 1. The second kappa shape index (κ2) is 4.02. The lowest BCUT2D eigenvalue weighted by atomic mass is 10.6. The number of hydrogen-bond donors (Lipinski definition) is 1. The smallest absolute Gasteiger partial charge is 0.230 e. The summed E-state index contributed by atoms with van der Waals surface area (Å²) in [6, 6.07) is 0. The Balaban J connectivity index is 2.30. The molecule has 0 aromatic carbocycles. The van der Waals surface area contributed by atoms with Crippen LogP contribution >= 0.6 is 10.4 Å². The lowest BCUT2D eigenvalue weighted by Crippen LogP contribution is -2.19. The maximum atomic E-state index is 11.6. The highest BCUT2D eigenvalue weighted by Crippen LogP contribution is 2.52. The molecule has 0 amide bonds. The molecule has 0 aliphatic heterocycles. The summed E-state index contributed by atoms with van der Waals surface area (Å²) < 4.78 is 1.10. The van der Waals surface area contributed by atoms with Crippen LogP contribution in [0.25, 0.3) is 11.2 Å². The number of aromatic nitrogens is 6. The standard InChI is InChI=1S/C9H9N7O2S/c1-19(16(17)18,9-11-2-3-12-9)15-6-14-7-4-10-5-13-8(7)15/h2-6H,1H3,(H,11,12). The minimum Gasteiger partial charge on any atom is -0.335 e. The van der Waals surface area contributed by atoms with E-state index in [-0.39, 0.29) is 9.49 Å². The molecule has 0 bridgehead atoms. The zero-order chi connectivity index (χ0) is 13.5. The maximum absolute atomic E-state index is 11.6. The molecule has 3 aromatic heterocycles. The Labute approximate surface area is 108 Å². The van der Waals surface area contributed by atoms with Crippen molar-refractivity contribution in [3.63, 3.8) is 0 Å². The van der Waals surface area contributed by atoms with E-state index in [1.165, 1.54) is 35.3 Å². The molecule has 0 spiro atoms. The summed E-state index contributed by atoms with van der Waals surface area (Å²) in [5.41, 5.74) is 0.926. The highest BCUT2D eigenvalue weighted by atomic mass is 32.3. The molecule has 1 atom stereocenters. The van der Waals surface area contributed by atoms with Crippen LogP contribution in [0.15, 0.2) is 36.4 Å². The zero-order valence-electron chi connectivity index (χ0n) is 9.79. The van der Waals surface area contributed by atoms with E-state index in [4.69, 9.17) is 0 Å². The molecule has 0 saturated heterocycles. The minimum absolute atomic E-state index is 0.287. The van der Waals surface area contributed by atoms with E-state index in [1.54, 1.807) is 6.20 Å². The number of hydrogen-bond acceptors (Lipinski definition) is 6. The van der Waals surface area contributed by atoms with Gasteiger partial charge in [0.15, 0.2) is 16.0 Å². The van der Waals surface area contributed by atoms with Gasteiger partial charge in [-0.2, -0.15) is 0 Å². The number of nitro groups is 1. The summed E-state index contributed by atoms with van der Waals surface area (Å²) in [5.74, 6) is 0. The molecule has 3 heterocycles. The first kappa shape index (κ1) is 11.6. The van der Waals surface area contributed by atoms with Gasteiger partial charge in [0.25, 0.3) is 0 Å². The van der Waals surface area contributed by atoms with Crippen LogP contribution in [-0.2, 0) is 0 Å². The van der Waals surface area contributed by atoms with Gasteiger partial charge in [0, 0.05) is 12.4 Å². The largest absolute Gasteiger partial charge is 0.335 e. The van der Waals surface area contributed by atoms with E-state index < -0.39 is 10.4 Å². The van der Waals surface area contributed by atoms with Crippen LogP contribution in [0.4, 0.5) is 0 Å². The molecule has 0 aliphatic rings. The van der Waals surface area contributed by atoms with Gasteiger partial charge in [-0.1, -0.05) is 0 Å². The third-order valence-corrected chi connectivity index (χ3v) is 5.27. The van der Waals surface area contributed by atoms with Crippen molar-refractivity contribution in [1.82, 2.24) is 28.9 Å². The maximum Gasteiger partial charge on any atom is 0.230 e. The van der Waals surface area contributed by atoms with E-state index in [0.717, 1.165) is 0 Å². The van der Waals surface area contributed by atoms with Crippen molar-refractivity contribution >= 4 is 21.6 Å². The van der Waals surface area contributed by atoms with Crippen molar-refractivity contribution in [3.8, 4) is 0 Å². The molecule has 98 valence electrons. The summed E-state index contributed by atoms with van der Waals surface area (Å²) in [6.45, 7) is 0. The van der Waals surface area contributed by atoms with Gasteiger partial charge in [-0.25, -0.2) is 23.9 Å². The topological polar surface area (TPSA) is 115 Å². The number of nitrogens with one attached hydrogen (secondary N) is 1. The number of aromatic amines is 1. The Morgan fingerprint density at radius 2 is 2.26 bits per heavy atom. The van der Waals surface area contributed by atoms with E-state index in [9.17, 15) is 10.1 Å². The molecule has 1 N–H and O–H groups in total. The van der Waals surface area contributed by atoms with Crippen molar-refractivity contribution in [2.75, 3.05) is 6.26 Å². The second-order valence-electron chi connectivity index (χ2n) is 3.75. The van der Waals surface area contributed by atoms with Gasteiger partial charge in [-0.15, -0.1) is 0 Å². The van der Waals surface area contributed by atoms with Gasteiger partial charge >= 0.3 is 0 Å². The van der Waals surface area contributed by atoms with Crippen molar-refractivity contribution in [2.24, 2.45) is 0 Å². The lowest BCUT2D eigenvalue weighted by Gasteiger charge is -2.24. The zero-order valence-corrected chi connectivity index (χ0v) is 10.6. The fourth-order valence-corrected chi connectivity index (χ4v) is 3.44. The Hall–Kier alpha value is -2.49. The van der Waals surface area contributed by atoms with E-state index in [0.29, 0.717) is 11.2 Å². The molecule has 3 aromatic rings. The summed E-state index contributed by atoms with van der Waals surface area (Å²) >= 11 is 0. The first-order valence-electron chi connectivity index (χ1n) is 5.20. The molecule has 10 heteroatoms. The molecular weight excluding hydrogens is 270 g/mol. The predicted molar refractivity (Wildman–Crippen MR) is 68.1 cm³/mol. The fraction of sp³-hybridized carbons (Fsp3) is 0.111. The minimum atomic E-state index is -2.63. The summed E-state index contributed by atoms with van der Waals surface area (Å²) in [6.07, 6.45) is 8.81. The van der Waals surface area contributed by atoms with Crippen LogP contribution in [-0.4, -0.2) is 39.5 Å². The Morgan fingerprint density at radius 1 is 1.42 bits per heavy atom. The summed E-state index contributed by atoms with van der Waals surface area (Å²) in [4.78, 5) is 30.4. The third kappa shape index (κ3) is 1.57. The molecule has 1 unspecified atom stereocenters. The molecule has 0 radical (unpaired) electrons. The van der Waals surface area contributed by atoms with Crippen LogP contribution in [0.3, 0.4) is 0 Å². The quantitative estimate of drug-likeness (QED) is 0.564. The average Bonchev–Trinajstić information content (AvgIpc) is 3.07. The molecule has 0 saturated carbocycles. The molecular formula is C9H9N7O2S. The highest BCUT2D eigenvalue weighted by molar-refractivity contribution is 8.26. The van der Waals surface area contributed by atoms with Crippen LogP contribution < -0.4 is 0 Å². The number of rotatable bonds is 3. The Morgan fingerprint density at radius 3 is 2.95 bits per heavy atom. The molecule has 0 aliphatic carbocycles. The molecule has 19 heavy (non-hydrogen) atoms. The van der Waals surface area contributed by atoms with Crippen molar-refractivity contribution < 1.29 is 4.33 Å². The van der Waals surface area contributed by atoms with Gasteiger partial charge in [0.2, 0.25) is 5.16 Å². The number of fused-ring (bicyclic) bond motifs is 1. The van der Waals surface area contributed by atoms with E-state index >= 15 is 0 Å². The summed E-state index contributed by atoms with van der Waals surface area (Å²) in [5, 5.41) is 11.8. The molecule has 3 rings (SSSR count). The van der Waals surface area contributed by atoms with Gasteiger partial charge in [0.05, 0.1) is 16.8 Å². The van der Waals surface area contributed by atoms with Crippen LogP contribution in [0.5, 0.6) is 0 Å². The normalized spacial score (nSPS) is 16.1. The highest BCUT2D eigenvalue weighted by Gasteiger charge is 2.40. The van der Waals surface area contributed by atoms with Gasteiger partial charge in [-0.05, 0) is 0 Å². The Kier molecular flexibility index (Phi) is 2.45. The second-order valence-corrected chi connectivity index (χ2v) is 6.50. The first-order valence-corrected chi connectivity index (χ1v) is 7.15. The van der Waals surface area contributed by atoms with Crippen molar-refractivity contribution in [1.29, 1.82) is 0 Å². The van der Waals surface area contributed by atoms with Crippen molar-refractivity contribution in [2.45, 2.75) is 5.16 Å². The van der Waals surface area contributed by atoms with Crippen molar-refractivity contribution in [3.05, 3.63) is 41.4 Å². The third-order valence-electron chi connectivity index (χ3n) is 2.70. The van der Waals surface area contributed by atoms with Gasteiger partial charge < -0.3 is 4.98 Å². The van der Waals surface area contributed by atoms with Gasteiger partial charge in [-0.3, -0.25) is 10.1 Å². The van der Waals surface area contributed by atoms with E-state index in [2.05, 4.69) is 24.9 Å².